The molecule has 2 N–H and O–H groups in total. The lowest BCUT2D eigenvalue weighted by molar-refractivity contribution is 0.228. The predicted octanol–water partition coefficient (Wildman–Crippen LogP) is 5.17. The second kappa shape index (κ2) is 8.01. The molecule has 3 aromatic heterocycles. The number of rotatable bonds is 3. The molecule has 1 aliphatic carbocycles. The van der Waals surface area contributed by atoms with Crippen LogP contribution in [0.4, 0.5) is 5.82 Å². The van der Waals surface area contributed by atoms with E-state index in [9.17, 15) is 0 Å². The highest BCUT2D eigenvalue weighted by Gasteiger charge is 2.27. The van der Waals surface area contributed by atoms with E-state index in [2.05, 4.69) is 54.8 Å². The van der Waals surface area contributed by atoms with Gasteiger partial charge < -0.3 is 10.5 Å². The minimum Gasteiger partial charge on any atom is -0.482 e. The van der Waals surface area contributed by atoms with Gasteiger partial charge in [0.1, 0.15) is 6.10 Å². The Morgan fingerprint density at radius 3 is 2.79 bits per heavy atom. The Bertz CT molecular complexity index is 1380. The van der Waals surface area contributed by atoms with Gasteiger partial charge in [0, 0.05) is 59.7 Å². The Kier molecular flexibility index (Phi) is 4.94. The summed E-state index contributed by atoms with van der Waals surface area (Å²) >= 11 is 0. The molecule has 1 atom stereocenters. The van der Waals surface area contributed by atoms with Crippen molar-refractivity contribution < 1.29 is 4.74 Å². The second-order valence-corrected chi connectivity index (χ2v) is 9.64. The maximum absolute atomic E-state index is 6.46. The zero-order chi connectivity index (χ0) is 23.4. The second-order valence-electron chi connectivity index (χ2n) is 9.64. The van der Waals surface area contributed by atoms with Crippen LogP contribution >= 0.6 is 0 Å². The molecule has 2 bridgehead atoms. The Labute approximate surface area is 199 Å². The molecule has 1 fully saturated rings. The quantitative estimate of drug-likeness (QED) is 0.461. The number of aromatic nitrogens is 5. The van der Waals surface area contributed by atoms with Gasteiger partial charge in [-0.3, -0.25) is 9.36 Å². The van der Waals surface area contributed by atoms with Gasteiger partial charge >= 0.3 is 0 Å². The van der Waals surface area contributed by atoms with E-state index in [4.69, 9.17) is 20.7 Å². The topological polar surface area (TPSA) is 83.8 Å². The molecule has 7 nitrogen and oxygen atoms in total. The van der Waals surface area contributed by atoms with Crippen LogP contribution in [0.2, 0.25) is 0 Å². The fourth-order valence-corrected chi connectivity index (χ4v) is 4.92. The minimum atomic E-state index is -0.218. The number of benzene rings is 1. The number of ether oxygens (including phenoxy) is 1. The van der Waals surface area contributed by atoms with Crippen molar-refractivity contribution in [3.8, 4) is 28.3 Å². The van der Waals surface area contributed by atoms with E-state index in [0.717, 1.165) is 53.2 Å². The number of fused-ring (bicyclic) bond motifs is 7. The van der Waals surface area contributed by atoms with Gasteiger partial charge in [0.25, 0.3) is 0 Å². The molecule has 6 rings (SSSR count). The molecule has 0 radical (unpaired) electrons. The number of nitrogens with two attached hydrogens (primary N) is 1. The number of aryl methyl sites for hydroxylation is 2. The van der Waals surface area contributed by atoms with Gasteiger partial charge in [-0.25, -0.2) is 4.98 Å². The third-order valence-electron chi connectivity index (χ3n) is 6.94. The Hall–Kier alpha value is -3.61. The molecule has 0 saturated heterocycles. The summed E-state index contributed by atoms with van der Waals surface area (Å²) < 4.78 is 10.6. The van der Waals surface area contributed by atoms with Gasteiger partial charge in [-0.1, -0.05) is 23.8 Å². The number of hydrogen-bond acceptors (Lipinski definition) is 5. The summed E-state index contributed by atoms with van der Waals surface area (Å²) in [6.45, 7) is 8.03. The SMILES string of the molecule is CCn1cc2c(n1)-c1ccc(C)cc1C(C)Oc1cc(cnc1N)-c1c(cnn1CC1CC1)C2. The number of pyridine rings is 1. The normalized spacial score (nSPS) is 17.1. The molecule has 2 aliphatic rings. The summed E-state index contributed by atoms with van der Waals surface area (Å²) in [6.07, 6.45) is 9.09. The standard InChI is InChI=1S/C27H30N6O/c1-4-32-15-21-10-19-13-30-33(14-18-6-7-18)26(19)20-11-24(27(28)29-12-20)34-17(3)23-9-16(2)5-8-22(23)25(21)31-32/h5,8-9,11-13,15,17-18H,4,6-7,10,14H2,1-3H3,(H2,28,29). The van der Waals surface area contributed by atoms with Crippen molar-refractivity contribution in [3.63, 3.8) is 0 Å². The molecule has 174 valence electrons. The van der Waals surface area contributed by atoms with Crippen LogP contribution in [0.15, 0.2) is 42.9 Å². The lowest BCUT2D eigenvalue weighted by atomic mass is 9.93. The van der Waals surface area contributed by atoms with E-state index in [0.29, 0.717) is 17.5 Å². The van der Waals surface area contributed by atoms with Crippen LogP contribution in [0.3, 0.4) is 0 Å². The van der Waals surface area contributed by atoms with Crippen LogP contribution in [-0.2, 0) is 19.5 Å². The molecule has 4 heterocycles. The fourth-order valence-electron chi connectivity index (χ4n) is 4.92. The largest absolute Gasteiger partial charge is 0.482 e. The molecular weight excluding hydrogens is 424 g/mol. The number of nitrogens with zero attached hydrogens (tertiary/aromatic N) is 5. The van der Waals surface area contributed by atoms with E-state index < -0.39 is 0 Å². The van der Waals surface area contributed by atoms with E-state index in [1.807, 2.05) is 23.1 Å². The van der Waals surface area contributed by atoms with Gasteiger partial charge in [-0.15, -0.1) is 0 Å². The highest BCUT2D eigenvalue weighted by molar-refractivity contribution is 5.72. The molecule has 1 saturated carbocycles. The van der Waals surface area contributed by atoms with Crippen molar-refractivity contribution in [2.45, 2.75) is 59.2 Å². The highest BCUT2D eigenvalue weighted by Crippen LogP contribution is 2.39. The van der Waals surface area contributed by atoms with Gasteiger partial charge in [0.15, 0.2) is 11.6 Å². The van der Waals surface area contributed by atoms with Crippen LogP contribution in [-0.4, -0.2) is 24.5 Å². The number of anilines is 1. The first-order chi connectivity index (χ1) is 16.5. The molecule has 1 unspecified atom stereocenters. The monoisotopic (exact) mass is 454 g/mol. The third-order valence-corrected chi connectivity index (χ3v) is 6.94. The van der Waals surface area contributed by atoms with E-state index in [-0.39, 0.29) is 6.10 Å². The summed E-state index contributed by atoms with van der Waals surface area (Å²) in [6, 6.07) is 8.52. The fraction of sp³-hybridized carbons (Fsp3) is 0.370. The van der Waals surface area contributed by atoms with Crippen molar-refractivity contribution >= 4 is 5.82 Å². The number of hydrogen-bond donors (Lipinski definition) is 1. The van der Waals surface area contributed by atoms with Crippen molar-refractivity contribution in [3.05, 3.63) is 65.1 Å². The molecule has 0 spiro atoms. The van der Waals surface area contributed by atoms with E-state index >= 15 is 0 Å². The molecule has 1 aliphatic heterocycles. The van der Waals surface area contributed by atoms with Crippen molar-refractivity contribution in [1.82, 2.24) is 24.5 Å². The molecule has 1 aromatic carbocycles. The molecule has 0 amide bonds. The van der Waals surface area contributed by atoms with Crippen molar-refractivity contribution in [2.24, 2.45) is 5.92 Å². The first-order valence-corrected chi connectivity index (χ1v) is 12.1. The smallest absolute Gasteiger partial charge is 0.166 e. The van der Waals surface area contributed by atoms with Crippen LogP contribution < -0.4 is 10.5 Å². The van der Waals surface area contributed by atoms with Gasteiger partial charge in [-0.05, 0) is 45.6 Å². The third kappa shape index (κ3) is 3.65. The molecule has 4 aromatic rings. The summed E-state index contributed by atoms with van der Waals surface area (Å²) in [5, 5.41) is 9.79. The van der Waals surface area contributed by atoms with Crippen LogP contribution in [0.25, 0.3) is 22.5 Å². The lowest BCUT2D eigenvalue weighted by Crippen LogP contribution is -2.10. The van der Waals surface area contributed by atoms with Gasteiger partial charge in [0.05, 0.1) is 17.6 Å². The minimum absolute atomic E-state index is 0.218. The zero-order valence-corrected chi connectivity index (χ0v) is 20.0. The van der Waals surface area contributed by atoms with E-state index in [1.54, 1.807) is 0 Å². The van der Waals surface area contributed by atoms with Crippen LogP contribution in [0, 0.1) is 12.8 Å². The van der Waals surface area contributed by atoms with Crippen molar-refractivity contribution in [1.29, 1.82) is 0 Å². The first-order valence-electron chi connectivity index (χ1n) is 12.1. The van der Waals surface area contributed by atoms with E-state index in [1.165, 1.54) is 24.0 Å². The summed E-state index contributed by atoms with van der Waals surface area (Å²) in [5.74, 6) is 1.70. The summed E-state index contributed by atoms with van der Waals surface area (Å²) in [4.78, 5) is 4.51. The lowest BCUT2D eigenvalue weighted by Gasteiger charge is -2.21. The first kappa shape index (κ1) is 21.0. The Balaban J connectivity index is 1.60. The van der Waals surface area contributed by atoms with Crippen molar-refractivity contribution in [2.75, 3.05) is 5.73 Å². The highest BCUT2D eigenvalue weighted by atomic mass is 16.5. The van der Waals surface area contributed by atoms with Gasteiger partial charge in [0.2, 0.25) is 0 Å². The van der Waals surface area contributed by atoms with Crippen LogP contribution in [0.5, 0.6) is 5.75 Å². The van der Waals surface area contributed by atoms with Gasteiger partial charge in [-0.2, -0.15) is 10.2 Å². The zero-order valence-electron chi connectivity index (χ0n) is 20.0. The van der Waals surface area contributed by atoms with Crippen LogP contribution in [0.1, 0.15) is 55.0 Å². The summed E-state index contributed by atoms with van der Waals surface area (Å²) in [5.41, 5.74) is 15.1. The number of nitrogen functional groups attached to an aromatic ring is 1. The molecular formula is C27H30N6O. The summed E-state index contributed by atoms with van der Waals surface area (Å²) in [7, 11) is 0. The maximum atomic E-state index is 6.46. The maximum Gasteiger partial charge on any atom is 0.166 e. The average Bonchev–Trinajstić information content (AvgIpc) is 3.42. The molecule has 34 heavy (non-hydrogen) atoms. The Morgan fingerprint density at radius 1 is 1.15 bits per heavy atom. The predicted molar refractivity (Wildman–Crippen MR) is 133 cm³/mol. The Morgan fingerprint density at radius 2 is 2.00 bits per heavy atom. The molecule has 7 heteroatoms. The average molecular weight is 455 g/mol.